The predicted molar refractivity (Wildman–Crippen MR) is 56.1 cm³/mol. The van der Waals surface area contributed by atoms with E-state index in [1.165, 1.54) is 0 Å². The fourth-order valence-electron chi connectivity index (χ4n) is 3.75. The molecule has 0 aliphatic heterocycles. The minimum absolute atomic E-state index is 0.0970. The van der Waals surface area contributed by atoms with Crippen LogP contribution in [0, 0.1) is 5.41 Å². The van der Waals surface area contributed by atoms with Gasteiger partial charge in [-0.15, -0.1) is 0 Å². The van der Waals surface area contributed by atoms with E-state index in [0.29, 0.717) is 0 Å². The molecule has 0 radical (unpaired) electrons. The number of aliphatic hydroxyl groups is 13. The van der Waals surface area contributed by atoms with Gasteiger partial charge in [-0.1, -0.05) is 0 Å². The topological polar surface area (TPSA) is 263 Å². The Morgan fingerprint density at radius 1 is 0.500 bits per heavy atom. The predicted octanol–water partition coefficient (Wildman–Crippen LogP) is -8.16. The lowest BCUT2D eigenvalue weighted by Crippen LogP contribution is -2.87. The van der Waals surface area contributed by atoms with Gasteiger partial charge < -0.3 is 66.4 Å². The highest BCUT2D eigenvalue weighted by molar-refractivity contribution is 5.43. The molecule has 2 fully saturated rings. The van der Waals surface area contributed by atoms with Crippen LogP contribution in [-0.4, -0.2) is 107 Å². The van der Waals surface area contributed by atoms with E-state index < -0.39 is 45.7 Å². The second kappa shape index (κ2) is 3.45. The van der Waals surface area contributed by atoms with Crippen LogP contribution in [0.2, 0.25) is 0 Å². The monoisotopic (exact) mass is 332 g/mol. The highest BCUT2D eigenvalue weighted by Crippen LogP contribution is 2.76. The third kappa shape index (κ3) is 1.03. The summed E-state index contributed by atoms with van der Waals surface area (Å²) < 4.78 is 0. The summed E-state index contributed by atoms with van der Waals surface area (Å²) in [7, 11) is 0. The Morgan fingerprint density at radius 3 is 0.955 bits per heavy atom. The molecule has 2 rings (SSSR count). The molecule has 2 aliphatic carbocycles. The largest absolute Gasteiger partial charge is 0.375 e. The average Bonchev–Trinajstić information content (AvgIpc) is 2.34. The van der Waals surface area contributed by atoms with Crippen molar-refractivity contribution in [3.63, 3.8) is 0 Å². The van der Waals surface area contributed by atoms with Gasteiger partial charge in [-0.25, -0.2) is 0 Å². The molecule has 0 unspecified atom stereocenters. The van der Waals surface area contributed by atoms with E-state index in [-0.39, 0.29) is 6.92 Å². The maximum absolute atomic E-state index is 9.96. The summed E-state index contributed by atoms with van der Waals surface area (Å²) in [6.45, 7) is 0.0970. The number of fused-ring (bicyclic) bond motifs is 2. The zero-order valence-electron chi connectivity index (χ0n) is 10.8. The Bertz CT molecular complexity index is 496. The summed E-state index contributed by atoms with van der Waals surface area (Å²) in [6, 6.07) is 0. The summed E-state index contributed by atoms with van der Waals surface area (Å²) in [5.41, 5.74) is -9.24. The SMILES string of the molecule is CC(O)(O)C12C(O)(O)C(O)(O)C(O)(C(O)(O)C1(O)O)C2(O)O. The van der Waals surface area contributed by atoms with E-state index in [9.17, 15) is 66.4 Å². The van der Waals surface area contributed by atoms with Gasteiger partial charge in [0.15, 0.2) is 11.2 Å². The van der Waals surface area contributed by atoms with Crippen LogP contribution in [0.1, 0.15) is 6.92 Å². The molecule has 0 heterocycles. The van der Waals surface area contributed by atoms with Crippen molar-refractivity contribution < 1.29 is 66.4 Å². The second-order valence-corrected chi connectivity index (χ2v) is 5.84. The standard InChI is InChI=1S/C9H16O13/c1-2(10,11)3-5(13,14)4(12,8(19,20)6(3,15)16)9(21,22)7(3,17)18/h10-22H,1H3. The van der Waals surface area contributed by atoms with Gasteiger partial charge in [-0.05, 0) is 6.92 Å². The van der Waals surface area contributed by atoms with E-state index in [2.05, 4.69) is 0 Å². The van der Waals surface area contributed by atoms with Crippen molar-refractivity contribution in [1.29, 1.82) is 0 Å². The van der Waals surface area contributed by atoms with Crippen molar-refractivity contribution in [2.24, 2.45) is 5.41 Å². The van der Waals surface area contributed by atoms with Crippen molar-refractivity contribution in [2.45, 2.75) is 47.2 Å². The fourth-order valence-corrected chi connectivity index (χ4v) is 3.75. The van der Waals surface area contributed by atoms with E-state index in [4.69, 9.17) is 0 Å². The Hall–Kier alpha value is -0.520. The molecule has 2 bridgehead atoms. The normalized spacial score (nSPS) is 43.4. The Kier molecular flexibility index (Phi) is 2.79. The van der Waals surface area contributed by atoms with Crippen molar-refractivity contribution in [3.8, 4) is 0 Å². The minimum atomic E-state index is -4.70. The first-order chi connectivity index (χ1) is 9.25. The van der Waals surface area contributed by atoms with Gasteiger partial charge in [-0.2, -0.15) is 0 Å². The molecule has 0 atom stereocenters. The first-order valence-electron chi connectivity index (χ1n) is 5.66. The third-order valence-electron chi connectivity index (χ3n) is 4.76. The first kappa shape index (κ1) is 17.8. The molecule has 2 saturated carbocycles. The van der Waals surface area contributed by atoms with Crippen LogP contribution in [0.15, 0.2) is 0 Å². The summed E-state index contributed by atoms with van der Waals surface area (Å²) in [5.74, 6) is -27.5. The number of hydrogen-bond donors (Lipinski definition) is 13. The first-order valence-corrected chi connectivity index (χ1v) is 5.66. The van der Waals surface area contributed by atoms with Crippen LogP contribution < -0.4 is 0 Å². The van der Waals surface area contributed by atoms with Crippen LogP contribution in [0.3, 0.4) is 0 Å². The molecule has 0 aromatic rings. The summed E-state index contributed by atoms with van der Waals surface area (Å²) in [4.78, 5) is 0. The van der Waals surface area contributed by atoms with Crippen LogP contribution in [0.4, 0.5) is 0 Å². The molecule has 0 spiro atoms. The average molecular weight is 332 g/mol. The van der Waals surface area contributed by atoms with E-state index >= 15 is 0 Å². The molecule has 13 N–H and O–H groups in total. The van der Waals surface area contributed by atoms with Gasteiger partial charge in [0, 0.05) is 0 Å². The molecule has 0 aromatic heterocycles. The maximum Gasteiger partial charge on any atom is 0.260 e. The Morgan fingerprint density at radius 2 is 0.773 bits per heavy atom. The van der Waals surface area contributed by atoms with Gasteiger partial charge in [0.1, 0.15) is 0 Å². The van der Waals surface area contributed by atoms with Crippen molar-refractivity contribution in [1.82, 2.24) is 0 Å². The lowest BCUT2D eigenvalue weighted by molar-refractivity contribution is -0.550. The number of rotatable bonds is 1. The molecule has 0 saturated heterocycles. The Labute approximate surface area is 120 Å². The molecule has 13 heteroatoms. The van der Waals surface area contributed by atoms with Crippen LogP contribution >= 0.6 is 0 Å². The van der Waals surface area contributed by atoms with Crippen LogP contribution in [-0.2, 0) is 0 Å². The van der Waals surface area contributed by atoms with Gasteiger partial charge in [0.05, 0.1) is 0 Å². The molecule has 0 aromatic carbocycles. The van der Waals surface area contributed by atoms with Crippen LogP contribution in [0.25, 0.3) is 0 Å². The second-order valence-electron chi connectivity index (χ2n) is 5.84. The van der Waals surface area contributed by atoms with Crippen molar-refractivity contribution in [3.05, 3.63) is 0 Å². The molecular formula is C9H16O13. The molecule has 2 aliphatic rings. The minimum Gasteiger partial charge on any atom is -0.375 e. The zero-order valence-corrected chi connectivity index (χ0v) is 10.8. The molecular weight excluding hydrogens is 316 g/mol. The molecule has 13 nitrogen and oxygen atoms in total. The van der Waals surface area contributed by atoms with Gasteiger partial charge in [-0.3, -0.25) is 0 Å². The molecule has 22 heavy (non-hydrogen) atoms. The number of hydrogen-bond acceptors (Lipinski definition) is 13. The van der Waals surface area contributed by atoms with E-state index in [1.54, 1.807) is 0 Å². The van der Waals surface area contributed by atoms with Gasteiger partial charge in [0.25, 0.3) is 11.6 Å². The zero-order chi connectivity index (χ0) is 18.0. The molecule has 130 valence electrons. The summed E-state index contributed by atoms with van der Waals surface area (Å²) in [5, 5.41) is 127. The molecule has 0 amide bonds. The highest BCUT2D eigenvalue weighted by Gasteiger charge is 3.10. The van der Waals surface area contributed by atoms with Crippen molar-refractivity contribution >= 4 is 0 Å². The lowest BCUT2D eigenvalue weighted by atomic mass is 9.63. The fraction of sp³-hybridized carbons (Fsp3) is 1.00. The van der Waals surface area contributed by atoms with Crippen molar-refractivity contribution in [2.75, 3.05) is 0 Å². The van der Waals surface area contributed by atoms with E-state index in [1.807, 2.05) is 0 Å². The summed E-state index contributed by atoms with van der Waals surface area (Å²) >= 11 is 0. The Balaban J connectivity index is 3.13. The van der Waals surface area contributed by atoms with Gasteiger partial charge in [0.2, 0.25) is 23.0 Å². The smallest absolute Gasteiger partial charge is 0.260 e. The highest BCUT2D eigenvalue weighted by atomic mass is 16.7. The maximum atomic E-state index is 9.96. The van der Waals surface area contributed by atoms with Gasteiger partial charge >= 0.3 is 0 Å². The third-order valence-corrected chi connectivity index (χ3v) is 4.76. The van der Waals surface area contributed by atoms with E-state index in [0.717, 1.165) is 0 Å². The quantitative estimate of drug-likeness (QED) is 0.199. The van der Waals surface area contributed by atoms with Crippen LogP contribution in [0.5, 0.6) is 0 Å². The summed E-state index contributed by atoms with van der Waals surface area (Å²) in [6.07, 6.45) is 0. The lowest BCUT2D eigenvalue weighted by Gasteiger charge is -2.57.